The summed E-state index contributed by atoms with van der Waals surface area (Å²) in [5.41, 5.74) is 1.62. The fourth-order valence-electron chi connectivity index (χ4n) is 2.96. The second kappa shape index (κ2) is 8.28. The van der Waals surface area contributed by atoms with Crippen LogP contribution in [0.3, 0.4) is 0 Å². The number of rotatable bonds is 4. The number of thiocarbonyl (C=S) groups is 1. The summed E-state index contributed by atoms with van der Waals surface area (Å²) in [5, 5.41) is 8.37. The molecule has 0 spiro atoms. The van der Waals surface area contributed by atoms with Crippen molar-refractivity contribution < 1.29 is 14.3 Å². The van der Waals surface area contributed by atoms with E-state index in [1.807, 2.05) is 11.4 Å². The molecule has 26 heavy (non-hydrogen) atoms. The minimum atomic E-state index is -0.338. The highest BCUT2D eigenvalue weighted by atomic mass is 32.1. The predicted octanol–water partition coefficient (Wildman–Crippen LogP) is 4.24. The number of hydrogen-bond donors (Lipinski definition) is 2. The molecule has 2 heterocycles. The van der Waals surface area contributed by atoms with Gasteiger partial charge < -0.3 is 10.1 Å². The fourth-order valence-corrected chi connectivity index (χ4v) is 5.25. The Morgan fingerprint density at radius 2 is 2.23 bits per heavy atom. The highest BCUT2D eigenvalue weighted by molar-refractivity contribution is 7.80. The Morgan fingerprint density at radius 3 is 2.92 bits per heavy atom. The Labute approximate surface area is 165 Å². The van der Waals surface area contributed by atoms with Crippen molar-refractivity contribution in [2.24, 2.45) is 5.92 Å². The quantitative estimate of drug-likeness (QED) is 0.585. The molecule has 0 saturated carbocycles. The van der Waals surface area contributed by atoms with Crippen LogP contribution < -0.4 is 10.6 Å². The molecule has 2 aromatic heterocycles. The van der Waals surface area contributed by atoms with Crippen LogP contribution in [0, 0.1) is 5.92 Å². The highest BCUT2D eigenvalue weighted by Crippen LogP contribution is 2.40. The summed E-state index contributed by atoms with van der Waals surface area (Å²) >= 11 is 8.15. The zero-order valence-electron chi connectivity index (χ0n) is 14.6. The van der Waals surface area contributed by atoms with Crippen LogP contribution in [0.15, 0.2) is 17.5 Å². The lowest BCUT2D eigenvalue weighted by Gasteiger charge is -2.18. The van der Waals surface area contributed by atoms with Crippen molar-refractivity contribution in [1.29, 1.82) is 0 Å². The van der Waals surface area contributed by atoms with Crippen LogP contribution >= 0.6 is 34.9 Å². The molecule has 3 rings (SSSR count). The van der Waals surface area contributed by atoms with Gasteiger partial charge in [0, 0.05) is 4.88 Å². The summed E-state index contributed by atoms with van der Waals surface area (Å²) in [5.74, 6) is -0.00547. The SMILES string of the molecule is CCOC(=O)c1c(NC(=S)NC(=O)c2cccs2)sc2c1CC[C@H](C)C2. The van der Waals surface area contributed by atoms with Crippen molar-refractivity contribution in [3.8, 4) is 0 Å². The zero-order chi connectivity index (χ0) is 18.7. The monoisotopic (exact) mass is 408 g/mol. The van der Waals surface area contributed by atoms with E-state index in [1.165, 1.54) is 27.6 Å². The lowest BCUT2D eigenvalue weighted by atomic mass is 9.88. The Bertz CT molecular complexity index is 827. The molecule has 1 amide bonds. The average molecular weight is 409 g/mol. The summed E-state index contributed by atoms with van der Waals surface area (Å²) in [4.78, 5) is 26.4. The van der Waals surface area contributed by atoms with E-state index in [2.05, 4.69) is 17.6 Å². The molecule has 1 atom stereocenters. The number of ether oxygens (including phenoxy) is 1. The van der Waals surface area contributed by atoms with Gasteiger partial charge in [-0.25, -0.2) is 4.79 Å². The average Bonchev–Trinajstić information content (AvgIpc) is 3.21. The van der Waals surface area contributed by atoms with E-state index < -0.39 is 0 Å². The standard InChI is InChI=1S/C18H20N2O3S3/c1-3-23-17(22)14-11-7-6-10(2)9-13(11)26-16(14)20-18(24)19-15(21)12-5-4-8-25-12/h4-5,8,10H,3,6-7,9H2,1-2H3,(H2,19,20,21,24)/t10-/m0/s1. The first-order valence-electron chi connectivity index (χ1n) is 8.47. The van der Waals surface area contributed by atoms with E-state index in [0.717, 1.165) is 24.8 Å². The van der Waals surface area contributed by atoms with E-state index in [1.54, 1.807) is 13.0 Å². The Balaban J connectivity index is 1.81. The van der Waals surface area contributed by atoms with Gasteiger partial charge in [-0.3, -0.25) is 10.1 Å². The molecule has 0 aromatic carbocycles. The van der Waals surface area contributed by atoms with Crippen molar-refractivity contribution >= 4 is 56.9 Å². The number of carbonyl (C=O) groups excluding carboxylic acids is 2. The first-order chi connectivity index (χ1) is 12.5. The number of amides is 1. The van der Waals surface area contributed by atoms with Gasteiger partial charge in [0.25, 0.3) is 5.91 Å². The summed E-state index contributed by atoms with van der Waals surface area (Å²) in [7, 11) is 0. The van der Waals surface area contributed by atoms with E-state index in [9.17, 15) is 9.59 Å². The van der Waals surface area contributed by atoms with Gasteiger partial charge in [-0.15, -0.1) is 22.7 Å². The van der Waals surface area contributed by atoms with Crippen LogP contribution in [0.5, 0.6) is 0 Å². The van der Waals surface area contributed by atoms with Crippen LogP contribution in [-0.4, -0.2) is 23.6 Å². The van der Waals surface area contributed by atoms with Crippen LogP contribution in [-0.2, 0) is 17.6 Å². The highest BCUT2D eigenvalue weighted by Gasteiger charge is 2.29. The van der Waals surface area contributed by atoms with Gasteiger partial charge in [0.15, 0.2) is 5.11 Å². The van der Waals surface area contributed by atoms with Crippen LogP contribution in [0.2, 0.25) is 0 Å². The number of esters is 1. The third-order valence-electron chi connectivity index (χ3n) is 4.19. The van der Waals surface area contributed by atoms with Crippen LogP contribution in [0.1, 0.15) is 50.7 Å². The van der Waals surface area contributed by atoms with E-state index in [-0.39, 0.29) is 17.0 Å². The lowest BCUT2D eigenvalue weighted by molar-refractivity contribution is 0.0526. The Hall–Kier alpha value is -1.77. The molecule has 8 heteroatoms. The minimum Gasteiger partial charge on any atom is -0.462 e. The summed E-state index contributed by atoms with van der Waals surface area (Å²) in [6.07, 6.45) is 2.86. The van der Waals surface area contributed by atoms with Gasteiger partial charge >= 0.3 is 5.97 Å². The number of nitrogens with one attached hydrogen (secondary N) is 2. The van der Waals surface area contributed by atoms with Crippen LogP contribution in [0.25, 0.3) is 0 Å². The molecule has 1 aliphatic rings. The molecular formula is C18H20N2O3S3. The molecule has 0 bridgehead atoms. The van der Waals surface area contributed by atoms with Gasteiger partial charge in [0.05, 0.1) is 17.0 Å². The van der Waals surface area contributed by atoms with Gasteiger partial charge in [-0.2, -0.15) is 0 Å². The smallest absolute Gasteiger partial charge is 0.341 e. The summed E-state index contributed by atoms with van der Waals surface area (Å²) in [6, 6.07) is 3.54. The molecule has 2 N–H and O–H groups in total. The molecule has 0 aliphatic heterocycles. The fraction of sp³-hybridized carbons (Fsp3) is 0.389. The number of carbonyl (C=O) groups is 2. The van der Waals surface area contributed by atoms with Crippen molar-refractivity contribution in [2.75, 3.05) is 11.9 Å². The number of anilines is 1. The molecule has 138 valence electrons. The lowest BCUT2D eigenvalue weighted by Crippen LogP contribution is -2.33. The first kappa shape index (κ1) is 19.0. The van der Waals surface area contributed by atoms with E-state index >= 15 is 0 Å². The molecule has 0 saturated heterocycles. The molecule has 2 aromatic rings. The first-order valence-corrected chi connectivity index (χ1v) is 10.6. The van der Waals surface area contributed by atoms with Crippen molar-refractivity contribution in [3.63, 3.8) is 0 Å². The topological polar surface area (TPSA) is 67.4 Å². The summed E-state index contributed by atoms with van der Waals surface area (Å²) in [6.45, 7) is 4.32. The van der Waals surface area contributed by atoms with Gasteiger partial charge in [0.2, 0.25) is 0 Å². The predicted molar refractivity (Wildman–Crippen MR) is 109 cm³/mol. The van der Waals surface area contributed by atoms with Gasteiger partial charge in [-0.1, -0.05) is 13.0 Å². The normalized spacial score (nSPS) is 15.8. The summed E-state index contributed by atoms with van der Waals surface area (Å²) < 4.78 is 5.24. The molecule has 0 radical (unpaired) electrons. The van der Waals surface area contributed by atoms with E-state index in [0.29, 0.717) is 28.0 Å². The second-order valence-electron chi connectivity index (χ2n) is 6.16. The number of hydrogen-bond acceptors (Lipinski definition) is 6. The van der Waals surface area contributed by atoms with Crippen LogP contribution in [0.4, 0.5) is 5.00 Å². The van der Waals surface area contributed by atoms with Gasteiger partial charge in [0.1, 0.15) is 5.00 Å². The molecule has 0 fully saturated rings. The Morgan fingerprint density at radius 1 is 1.42 bits per heavy atom. The third kappa shape index (κ3) is 4.13. The third-order valence-corrected chi connectivity index (χ3v) is 6.43. The van der Waals surface area contributed by atoms with Crippen molar-refractivity contribution in [1.82, 2.24) is 5.32 Å². The molecular weight excluding hydrogens is 388 g/mol. The molecule has 1 aliphatic carbocycles. The van der Waals surface area contributed by atoms with Crippen molar-refractivity contribution in [3.05, 3.63) is 38.4 Å². The largest absolute Gasteiger partial charge is 0.462 e. The minimum absolute atomic E-state index is 0.181. The zero-order valence-corrected chi connectivity index (χ0v) is 17.0. The molecule has 5 nitrogen and oxygen atoms in total. The number of thiophene rings is 2. The molecule has 0 unspecified atom stereocenters. The van der Waals surface area contributed by atoms with Gasteiger partial charge in [-0.05, 0) is 61.3 Å². The maximum atomic E-state index is 12.5. The number of fused-ring (bicyclic) bond motifs is 1. The van der Waals surface area contributed by atoms with E-state index in [4.69, 9.17) is 17.0 Å². The maximum Gasteiger partial charge on any atom is 0.341 e. The maximum absolute atomic E-state index is 12.5. The van der Waals surface area contributed by atoms with Crippen molar-refractivity contribution in [2.45, 2.75) is 33.1 Å². The second-order valence-corrected chi connectivity index (χ2v) is 8.62. The Kier molecular flexibility index (Phi) is 6.05.